The Balaban J connectivity index is 1.46. The molecule has 1 aromatic heterocycles. The van der Waals surface area contributed by atoms with E-state index in [9.17, 15) is 8.78 Å². The third-order valence-electron chi connectivity index (χ3n) is 5.88. The quantitative estimate of drug-likeness (QED) is 0.567. The van der Waals surface area contributed by atoms with E-state index in [0.29, 0.717) is 43.6 Å². The van der Waals surface area contributed by atoms with Crippen LogP contribution in [-0.2, 0) is 24.9 Å². The van der Waals surface area contributed by atoms with Crippen LogP contribution in [0.2, 0.25) is 0 Å². The highest BCUT2D eigenvalue weighted by molar-refractivity contribution is 6.03. The second-order valence-corrected chi connectivity index (χ2v) is 8.07. The molecule has 2 aromatic rings. The Morgan fingerprint density at radius 2 is 2.06 bits per heavy atom. The number of nitrogens with two attached hydrogens (primary N) is 2. The van der Waals surface area contributed by atoms with E-state index < -0.39 is 23.8 Å². The lowest BCUT2D eigenvalue weighted by Crippen LogP contribution is -2.48. The Morgan fingerprint density at radius 1 is 1.29 bits per heavy atom. The van der Waals surface area contributed by atoms with Gasteiger partial charge < -0.3 is 20.8 Å². The maximum atomic E-state index is 14.2. The average Bonchev–Trinajstić information content (AvgIpc) is 3.27. The van der Waals surface area contributed by atoms with Gasteiger partial charge in [-0.2, -0.15) is 0 Å². The van der Waals surface area contributed by atoms with E-state index in [2.05, 4.69) is 14.9 Å². The minimum atomic E-state index is -0.664. The fourth-order valence-electron chi connectivity index (χ4n) is 4.33. The second kappa shape index (κ2) is 8.45. The Hall–Kier alpha value is -2.69. The highest BCUT2D eigenvalue weighted by Crippen LogP contribution is 2.34. The van der Waals surface area contributed by atoms with Crippen LogP contribution in [0.4, 0.5) is 8.78 Å². The zero-order valence-electron chi connectivity index (χ0n) is 17.8. The number of fused-ring (bicyclic) bond motifs is 1. The molecule has 4 rings (SSSR count). The minimum Gasteiger partial charge on any atom is -0.387 e. The lowest BCUT2D eigenvalue weighted by atomic mass is 9.93. The summed E-state index contributed by atoms with van der Waals surface area (Å²) in [7, 11) is 3.59. The van der Waals surface area contributed by atoms with Crippen molar-refractivity contribution in [2.45, 2.75) is 44.6 Å². The molecule has 2 aliphatic heterocycles. The normalized spacial score (nSPS) is 25.2. The van der Waals surface area contributed by atoms with Crippen LogP contribution in [0.1, 0.15) is 42.2 Å². The summed E-state index contributed by atoms with van der Waals surface area (Å²) < 4.78 is 35.7. The lowest BCUT2D eigenvalue weighted by molar-refractivity contribution is -0.0535. The lowest BCUT2D eigenvalue weighted by Gasteiger charge is -2.38. The van der Waals surface area contributed by atoms with Crippen molar-refractivity contribution in [1.29, 1.82) is 0 Å². The maximum absolute atomic E-state index is 14.2. The molecule has 1 aromatic carbocycles. The van der Waals surface area contributed by atoms with Gasteiger partial charge in [0.05, 0.1) is 23.8 Å². The monoisotopic (exact) mass is 431 g/mol. The van der Waals surface area contributed by atoms with Gasteiger partial charge in [0.15, 0.2) is 11.7 Å². The first-order valence-corrected chi connectivity index (χ1v) is 10.2. The van der Waals surface area contributed by atoms with Crippen LogP contribution in [-0.4, -0.2) is 51.9 Å². The molecular formula is C21H27F2N7O. The third kappa shape index (κ3) is 4.10. The van der Waals surface area contributed by atoms with E-state index in [0.717, 1.165) is 29.6 Å². The van der Waals surface area contributed by atoms with Gasteiger partial charge in [-0.3, -0.25) is 9.89 Å². The molecular weight excluding hydrogens is 404 g/mol. The summed E-state index contributed by atoms with van der Waals surface area (Å²) in [6.07, 6.45) is -0.0536. The fraction of sp³-hybridized carbons (Fsp3) is 0.476. The second-order valence-electron chi connectivity index (χ2n) is 8.07. The molecule has 3 atom stereocenters. The molecule has 10 heteroatoms. The van der Waals surface area contributed by atoms with Gasteiger partial charge in [-0.05, 0) is 31.5 Å². The summed E-state index contributed by atoms with van der Waals surface area (Å²) in [4.78, 5) is 15.4. The number of hydrogen-bond acceptors (Lipinski definition) is 5. The standard InChI is InChI=1S/C21H27F2N7O/c1-11(24)27-20(26-2)21-28-17-8-30(9-18(17)29(21)3)13-7-16(25)19(31-10-13)14-6-12(22)4-5-15(14)23/h4-6,13,16,19H,7-10,25H2,1-3H3,(H2,24,26,27)/t13?,16?,19-/m1/s1. The van der Waals surface area contributed by atoms with Crippen molar-refractivity contribution in [2.24, 2.45) is 28.5 Å². The minimum absolute atomic E-state index is 0.0594. The van der Waals surface area contributed by atoms with E-state index in [1.807, 2.05) is 11.6 Å². The topological polar surface area (TPSA) is 107 Å². The smallest absolute Gasteiger partial charge is 0.192 e. The highest BCUT2D eigenvalue weighted by Gasteiger charge is 2.38. The van der Waals surface area contributed by atoms with Gasteiger partial charge in [0.1, 0.15) is 17.7 Å². The molecule has 3 heterocycles. The first kappa shape index (κ1) is 21.5. The van der Waals surface area contributed by atoms with Crippen LogP contribution >= 0.6 is 0 Å². The van der Waals surface area contributed by atoms with Crippen molar-refractivity contribution < 1.29 is 13.5 Å². The van der Waals surface area contributed by atoms with E-state index >= 15 is 0 Å². The number of halogens is 2. The molecule has 4 N–H and O–H groups in total. The van der Waals surface area contributed by atoms with Gasteiger partial charge in [0, 0.05) is 44.8 Å². The number of amidine groups is 2. The summed E-state index contributed by atoms with van der Waals surface area (Å²) in [6.45, 7) is 3.42. The number of ether oxygens (including phenoxy) is 1. The summed E-state index contributed by atoms with van der Waals surface area (Å²) in [5, 5.41) is 0. The first-order chi connectivity index (χ1) is 14.8. The molecule has 2 aliphatic rings. The van der Waals surface area contributed by atoms with Crippen LogP contribution in [0.5, 0.6) is 0 Å². The molecule has 0 spiro atoms. The van der Waals surface area contributed by atoms with Gasteiger partial charge in [0.2, 0.25) is 0 Å². The number of rotatable bonds is 3. The van der Waals surface area contributed by atoms with Crippen LogP contribution in [0, 0.1) is 11.6 Å². The molecule has 0 aliphatic carbocycles. The van der Waals surface area contributed by atoms with Crippen LogP contribution < -0.4 is 11.5 Å². The van der Waals surface area contributed by atoms with E-state index in [1.54, 1.807) is 14.0 Å². The maximum Gasteiger partial charge on any atom is 0.192 e. The van der Waals surface area contributed by atoms with Gasteiger partial charge >= 0.3 is 0 Å². The molecule has 0 saturated carbocycles. The number of nitrogens with zero attached hydrogens (tertiary/aromatic N) is 5. The molecule has 1 saturated heterocycles. The van der Waals surface area contributed by atoms with E-state index in [4.69, 9.17) is 21.2 Å². The Bertz CT molecular complexity index is 1040. The highest BCUT2D eigenvalue weighted by atomic mass is 19.1. The van der Waals surface area contributed by atoms with Gasteiger partial charge in [-0.15, -0.1) is 0 Å². The summed E-state index contributed by atoms with van der Waals surface area (Å²) in [6, 6.07) is 2.98. The number of benzene rings is 1. The van der Waals surface area contributed by atoms with Crippen LogP contribution in [0.25, 0.3) is 0 Å². The fourth-order valence-corrected chi connectivity index (χ4v) is 4.33. The van der Waals surface area contributed by atoms with Crippen molar-refractivity contribution in [3.05, 3.63) is 52.6 Å². The van der Waals surface area contributed by atoms with Gasteiger partial charge in [0.25, 0.3) is 0 Å². The van der Waals surface area contributed by atoms with Crippen molar-refractivity contribution >= 4 is 11.7 Å². The van der Waals surface area contributed by atoms with Gasteiger partial charge in [-0.1, -0.05) is 0 Å². The van der Waals surface area contributed by atoms with E-state index in [1.165, 1.54) is 0 Å². The number of imidazole rings is 1. The molecule has 8 nitrogen and oxygen atoms in total. The van der Waals surface area contributed by atoms with Crippen LogP contribution in [0.3, 0.4) is 0 Å². The average molecular weight is 431 g/mol. The summed E-state index contributed by atoms with van der Waals surface area (Å²) >= 11 is 0. The zero-order chi connectivity index (χ0) is 22.3. The summed E-state index contributed by atoms with van der Waals surface area (Å²) in [5.41, 5.74) is 14.2. The number of aromatic nitrogens is 2. The van der Waals surface area contributed by atoms with Crippen molar-refractivity contribution in [2.75, 3.05) is 13.7 Å². The van der Waals surface area contributed by atoms with Crippen molar-refractivity contribution in [3.63, 3.8) is 0 Å². The zero-order valence-corrected chi connectivity index (χ0v) is 17.8. The molecule has 0 bridgehead atoms. The molecule has 166 valence electrons. The Morgan fingerprint density at radius 3 is 2.71 bits per heavy atom. The SMILES string of the molecule is CN=C(N=C(C)N)c1nc2c(n1C)CN(C1CO[C@H](c3cc(F)ccc3F)C(N)C1)C2. The van der Waals surface area contributed by atoms with Crippen molar-refractivity contribution in [3.8, 4) is 0 Å². The Kier molecular flexibility index (Phi) is 5.87. The molecule has 0 radical (unpaired) electrons. The summed E-state index contributed by atoms with van der Waals surface area (Å²) in [5.74, 6) is 0.578. The molecule has 31 heavy (non-hydrogen) atoms. The predicted octanol–water partition coefficient (Wildman–Crippen LogP) is 1.62. The largest absolute Gasteiger partial charge is 0.387 e. The van der Waals surface area contributed by atoms with Crippen LogP contribution in [0.15, 0.2) is 28.2 Å². The molecule has 2 unspecified atom stereocenters. The van der Waals surface area contributed by atoms with Gasteiger partial charge in [-0.25, -0.2) is 18.8 Å². The predicted molar refractivity (Wildman–Crippen MR) is 114 cm³/mol. The number of hydrogen-bond donors (Lipinski definition) is 2. The van der Waals surface area contributed by atoms with Crippen molar-refractivity contribution in [1.82, 2.24) is 14.5 Å². The molecule has 1 fully saturated rings. The third-order valence-corrected chi connectivity index (χ3v) is 5.88. The van der Waals surface area contributed by atoms with E-state index in [-0.39, 0.29) is 11.6 Å². The first-order valence-electron chi connectivity index (χ1n) is 10.2. The Labute approximate surface area is 179 Å². The number of aliphatic imine (C=N–C) groups is 2. The molecule has 0 amide bonds.